The average molecular weight is 458 g/mol. The number of carbonyl (C=O) groups excluding carboxylic acids is 3. The van der Waals surface area contributed by atoms with E-state index in [1.807, 2.05) is 18.7 Å². The molecule has 0 spiro atoms. The molecular formula is C22H35NO5S2. The number of esters is 1. The van der Waals surface area contributed by atoms with Gasteiger partial charge in [-0.25, -0.2) is 0 Å². The third-order valence-corrected chi connectivity index (χ3v) is 7.42. The van der Waals surface area contributed by atoms with Gasteiger partial charge in [-0.15, -0.1) is 30.1 Å². The van der Waals surface area contributed by atoms with Crippen LogP contribution in [-0.4, -0.2) is 46.8 Å². The molecule has 4 atom stereocenters. The molecule has 1 aliphatic carbocycles. The Morgan fingerprint density at radius 1 is 1.33 bits per heavy atom. The second-order valence-electron chi connectivity index (χ2n) is 7.26. The summed E-state index contributed by atoms with van der Waals surface area (Å²) in [6.45, 7) is 12.1. The van der Waals surface area contributed by atoms with Crippen molar-refractivity contribution < 1.29 is 24.0 Å². The molecule has 1 N–H and O–H groups in total. The van der Waals surface area contributed by atoms with E-state index >= 15 is 0 Å². The first-order valence-electron chi connectivity index (χ1n) is 10.4. The van der Waals surface area contributed by atoms with Gasteiger partial charge in [0.05, 0.1) is 25.0 Å². The molecule has 4 unspecified atom stereocenters. The van der Waals surface area contributed by atoms with E-state index in [0.717, 1.165) is 12.2 Å². The highest BCUT2D eigenvalue weighted by molar-refractivity contribution is 8.17. The van der Waals surface area contributed by atoms with Crippen molar-refractivity contribution in [3.8, 4) is 0 Å². The van der Waals surface area contributed by atoms with E-state index in [2.05, 4.69) is 32.8 Å². The summed E-state index contributed by atoms with van der Waals surface area (Å²) in [6, 6.07) is 0. The van der Waals surface area contributed by atoms with E-state index in [-0.39, 0.29) is 35.6 Å². The largest absolute Gasteiger partial charge is 0.468 e. The number of carbonyl (C=O) groups is 3. The van der Waals surface area contributed by atoms with Gasteiger partial charge in [-0.1, -0.05) is 33.3 Å². The Morgan fingerprint density at radius 3 is 2.60 bits per heavy atom. The summed E-state index contributed by atoms with van der Waals surface area (Å²) in [6.07, 6.45) is 3.51. The lowest BCUT2D eigenvalue weighted by molar-refractivity contribution is -0.152. The number of methoxy groups -OCH3 is 1. The van der Waals surface area contributed by atoms with E-state index in [0.29, 0.717) is 23.1 Å². The van der Waals surface area contributed by atoms with Crippen molar-refractivity contribution in [2.45, 2.75) is 63.2 Å². The normalized spacial score (nSPS) is 23.0. The van der Waals surface area contributed by atoms with E-state index < -0.39 is 17.7 Å². The first kappa shape index (κ1) is 26.8. The van der Waals surface area contributed by atoms with Crippen LogP contribution in [-0.2, 0) is 24.0 Å². The van der Waals surface area contributed by atoms with Gasteiger partial charge in [0, 0.05) is 16.3 Å². The van der Waals surface area contributed by atoms with Crippen molar-refractivity contribution in [3.05, 3.63) is 23.9 Å². The van der Waals surface area contributed by atoms with Gasteiger partial charge in [0.15, 0.2) is 11.6 Å². The smallest absolute Gasteiger partial charge is 0.316 e. The Kier molecular flexibility index (Phi) is 12.4. The number of hydrogen-bond donors (Lipinski definition) is 1. The SMILES string of the molecule is C=CCON/C(CCC)=C1\C(=O)CC(CC(C)SC(C)SCC)C(C(=O)OC)C1=O. The van der Waals surface area contributed by atoms with Crippen LogP contribution in [0.5, 0.6) is 0 Å². The Bertz CT molecular complexity index is 649. The van der Waals surface area contributed by atoms with Crippen molar-refractivity contribution in [2.24, 2.45) is 11.8 Å². The molecule has 0 aromatic rings. The third-order valence-electron chi connectivity index (χ3n) is 4.84. The molecule has 0 heterocycles. The molecule has 1 aliphatic rings. The standard InChI is InChI=1S/C22H35NO5S2/c1-7-10-17(23-28-11-8-2)20-18(24)13-16(19(21(20)25)22(26)27-6)12-14(4)30-15(5)29-9-3/h8,14-16,19,23H,2,7,9-13H2,1,3-6H3/b20-17+. The lowest BCUT2D eigenvalue weighted by atomic mass is 9.72. The van der Waals surface area contributed by atoms with Crippen LogP contribution in [0.2, 0.25) is 0 Å². The zero-order chi connectivity index (χ0) is 22.7. The van der Waals surface area contributed by atoms with Gasteiger partial charge < -0.3 is 4.74 Å². The fraction of sp³-hybridized carbons (Fsp3) is 0.682. The minimum absolute atomic E-state index is 0.0442. The van der Waals surface area contributed by atoms with Gasteiger partial charge in [-0.05, 0) is 31.4 Å². The average Bonchev–Trinajstić information content (AvgIpc) is 2.67. The molecule has 0 radical (unpaired) electrons. The lowest BCUT2D eigenvalue weighted by Gasteiger charge is -2.32. The van der Waals surface area contributed by atoms with Crippen LogP contribution in [0.1, 0.15) is 53.4 Å². The summed E-state index contributed by atoms with van der Waals surface area (Å²) in [5.41, 5.74) is 3.21. The van der Waals surface area contributed by atoms with Crippen LogP contribution >= 0.6 is 23.5 Å². The predicted octanol–water partition coefficient (Wildman–Crippen LogP) is 4.31. The maximum atomic E-state index is 13.3. The molecule has 30 heavy (non-hydrogen) atoms. The van der Waals surface area contributed by atoms with Gasteiger partial charge in [-0.3, -0.25) is 24.7 Å². The molecule has 8 heteroatoms. The number of ketones is 2. The van der Waals surface area contributed by atoms with Crippen molar-refractivity contribution >= 4 is 41.1 Å². The molecule has 0 aromatic heterocycles. The fourth-order valence-corrected chi connectivity index (χ4v) is 6.45. The quantitative estimate of drug-likeness (QED) is 0.0640. The molecule has 1 fully saturated rings. The minimum atomic E-state index is -0.965. The Hall–Kier alpha value is -1.25. The fourth-order valence-electron chi connectivity index (χ4n) is 3.68. The second kappa shape index (κ2) is 13.9. The number of Topliss-reactive ketones (excluding diaryl/α,β-unsaturated/α-hetero) is 2. The Morgan fingerprint density at radius 2 is 2.03 bits per heavy atom. The molecule has 0 bridgehead atoms. The van der Waals surface area contributed by atoms with Crippen LogP contribution in [0.15, 0.2) is 23.9 Å². The van der Waals surface area contributed by atoms with E-state index in [9.17, 15) is 14.4 Å². The van der Waals surface area contributed by atoms with Crippen molar-refractivity contribution in [2.75, 3.05) is 19.5 Å². The highest BCUT2D eigenvalue weighted by Crippen LogP contribution is 2.38. The molecule has 0 aliphatic heterocycles. The molecule has 6 nitrogen and oxygen atoms in total. The van der Waals surface area contributed by atoms with Crippen LogP contribution in [0.4, 0.5) is 0 Å². The predicted molar refractivity (Wildman–Crippen MR) is 124 cm³/mol. The van der Waals surface area contributed by atoms with E-state index in [4.69, 9.17) is 9.57 Å². The van der Waals surface area contributed by atoms with Gasteiger partial charge in [0.25, 0.3) is 0 Å². The lowest BCUT2D eigenvalue weighted by Crippen LogP contribution is -2.43. The van der Waals surface area contributed by atoms with E-state index in [1.54, 1.807) is 17.8 Å². The molecular weight excluding hydrogens is 422 g/mol. The summed E-state index contributed by atoms with van der Waals surface area (Å²) in [4.78, 5) is 44.1. The zero-order valence-electron chi connectivity index (χ0n) is 18.7. The zero-order valence-corrected chi connectivity index (χ0v) is 20.3. The molecule has 1 saturated carbocycles. The summed E-state index contributed by atoms with van der Waals surface area (Å²) in [5.74, 6) is -1.58. The first-order chi connectivity index (χ1) is 14.3. The highest BCUT2D eigenvalue weighted by atomic mass is 32.2. The van der Waals surface area contributed by atoms with Crippen molar-refractivity contribution in [3.63, 3.8) is 0 Å². The summed E-state index contributed by atoms with van der Waals surface area (Å²) in [5, 5.41) is 0.214. The number of thioether (sulfide) groups is 2. The first-order valence-corrected chi connectivity index (χ1v) is 12.4. The van der Waals surface area contributed by atoms with Crippen LogP contribution in [0.3, 0.4) is 0 Å². The van der Waals surface area contributed by atoms with Crippen molar-refractivity contribution in [1.29, 1.82) is 0 Å². The number of rotatable bonds is 13. The number of nitrogens with one attached hydrogen (secondary N) is 1. The van der Waals surface area contributed by atoms with Crippen LogP contribution in [0, 0.1) is 11.8 Å². The van der Waals surface area contributed by atoms with Crippen LogP contribution < -0.4 is 5.48 Å². The number of ether oxygens (including phenoxy) is 1. The highest BCUT2D eigenvalue weighted by Gasteiger charge is 2.46. The Labute approximate surface area is 188 Å². The third kappa shape index (κ3) is 7.78. The van der Waals surface area contributed by atoms with Gasteiger partial charge in [0.1, 0.15) is 5.92 Å². The van der Waals surface area contributed by atoms with Gasteiger partial charge in [0.2, 0.25) is 0 Å². The number of allylic oxidation sites excluding steroid dienone is 2. The maximum absolute atomic E-state index is 13.3. The van der Waals surface area contributed by atoms with Crippen molar-refractivity contribution in [1.82, 2.24) is 5.48 Å². The summed E-state index contributed by atoms with van der Waals surface area (Å²) >= 11 is 3.66. The number of hydrogen-bond acceptors (Lipinski definition) is 8. The van der Waals surface area contributed by atoms with Gasteiger partial charge in [-0.2, -0.15) is 0 Å². The Balaban J connectivity index is 3.13. The van der Waals surface area contributed by atoms with E-state index in [1.165, 1.54) is 7.11 Å². The molecule has 0 amide bonds. The topological polar surface area (TPSA) is 81.7 Å². The maximum Gasteiger partial charge on any atom is 0.316 e. The summed E-state index contributed by atoms with van der Waals surface area (Å²) < 4.78 is 5.36. The van der Waals surface area contributed by atoms with Gasteiger partial charge >= 0.3 is 5.97 Å². The number of hydroxylamine groups is 1. The minimum Gasteiger partial charge on any atom is -0.468 e. The monoisotopic (exact) mass is 457 g/mol. The van der Waals surface area contributed by atoms with Crippen LogP contribution in [0.25, 0.3) is 0 Å². The molecule has 0 saturated heterocycles. The molecule has 0 aromatic carbocycles. The second-order valence-corrected chi connectivity index (χ2v) is 11.0. The summed E-state index contributed by atoms with van der Waals surface area (Å²) in [7, 11) is 1.28. The molecule has 170 valence electrons. The molecule has 1 rings (SSSR count).